The second-order valence-electron chi connectivity index (χ2n) is 3.36. The van der Waals surface area contributed by atoms with E-state index in [1.807, 2.05) is 11.4 Å². The maximum Gasteiger partial charge on any atom is 0.183 e. The average Bonchev–Trinajstić information content (AvgIpc) is 2.94. The smallest absolute Gasteiger partial charge is 0.183 e. The first kappa shape index (κ1) is 10.0. The number of methoxy groups -OCH3 is 1. The van der Waals surface area contributed by atoms with Crippen molar-refractivity contribution in [3.8, 4) is 16.5 Å². The van der Waals surface area contributed by atoms with Gasteiger partial charge < -0.3 is 15.5 Å². The number of thiophene rings is 1. The van der Waals surface area contributed by atoms with Crippen LogP contribution in [0.25, 0.3) is 21.9 Å². The number of nitrogens with two attached hydrogens (primary N) is 1. The van der Waals surface area contributed by atoms with Gasteiger partial charge in [-0.25, -0.2) is 15.0 Å². The van der Waals surface area contributed by atoms with Gasteiger partial charge in [-0.3, -0.25) is 0 Å². The van der Waals surface area contributed by atoms with Gasteiger partial charge in [-0.1, -0.05) is 0 Å². The van der Waals surface area contributed by atoms with Crippen LogP contribution in [0.2, 0.25) is 0 Å². The number of H-pyrrole nitrogens is 1. The number of hydrogen-bond acceptors (Lipinski definition) is 6. The predicted molar refractivity (Wildman–Crippen MR) is 66.0 cm³/mol. The van der Waals surface area contributed by atoms with Crippen LogP contribution in [-0.4, -0.2) is 27.0 Å². The van der Waals surface area contributed by atoms with E-state index >= 15 is 0 Å². The Balaban J connectivity index is 2.22. The highest BCUT2D eigenvalue weighted by atomic mass is 32.1. The number of nitrogen functional groups attached to an aromatic ring is 1. The Morgan fingerprint density at radius 2 is 2.29 bits per heavy atom. The molecule has 6 nitrogen and oxygen atoms in total. The third-order valence-electron chi connectivity index (χ3n) is 2.38. The zero-order valence-electron chi connectivity index (χ0n) is 8.97. The molecule has 0 aliphatic rings. The van der Waals surface area contributed by atoms with Crippen molar-refractivity contribution < 1.29 is 4.74 Å². The van der Waals surface area contributed by atoms with Crippen molar-refractivity contribution in [1.29, 1.82) is 0 Å². The Kier molecular flexibility index (Phi) is 2.19. The monoisotopic (exact) mass is 247 g/mol. The van der Waals surface area contributed by atoms with Crippen LogP contribution in [-0.2, 0) is 0 Å². The predicted octanol–water partition coefficient (Wildman–Crippen LogP) is 1.67. The second kappa shape index (κ2) is 3.70. The molecular formula is C10H9N5OS. The molecule has 0 saturated carbocycles. The molecule has 0 atom stereocenters. The molecule has 0 saturated heterocycles. The number of ether oxygens (including phenoxy) is 1. The van der Waals surface area contributed by atoms with Crippen molar-refractivity contribution in [3.63, 3.8) is 0 Å². The Morgan fingerprint density at radius 3 is 3.06 bits per heavy atom. The summed E-state index contributed by atoms with van der Waals surface area (Å²) in [5.41, 5.74) is 6.95. The third-order valence-corrected chi connectivity index (χ3v) is 3.28. The van der Waals surface area contributed by atoms with Crippen LogP contribution in [0.3, 0.4) is 0 Å². The van der Waals surface area contributed by atoms with Crippen molar-refractivity contribution in [1.82, 2.24) is 19.9 Å². The van der Waals surface area contributed by atoms with Gasteiger partial charge in [-0.15, -0.1) is 11.3 Å². The maximum absolute atomic E-state index is 5.74. The van der Waals surface area contributed by atoms with E-state index in [0.717, 1.165) is 10.6 Å². The molecular weight excluding hydrogens is 238 g/mol. The minimum atomic E-state index is 0.393. The first-order valence-electron chi connectivity index (χ1n) is 4.87. The highest BCUT2D eigenvalue weighted by Gasteiger charge is 2.13. The van der Waals surface area contributed by atoms with Crippen LogP contribution in [0.1, 0.15) is 0 Å². The van der Waals surface area contributed by atoms with Gasteiger partial charge in [0, 0.05) is 0 Å². The van der Waals surface area contributed by atoms with Gasteiger partial charge in [0.1, 0.15) is 22.5 Å². The van der Waals surface area contributed by atoms with Crippen molar-refractivity contribution >= 4 is 28.3 Å². The molecule has 0 spiro atoms. The van der Waals surface area contributed by atoms with Crippen molar-refractivity contribution in [3.05, 3.63) is 17.8 Å². The number of nitrogens with one attached hydrogen (secondary N) is 1. The molecule has 0 radical (unpaired) electrons. The molecule has 0 bridgehead atoms. The van der Waals surface area contributed by atoms with Gasteiger partial charge in [0.25, 0.3) is 0 Å². The molecule has 0 aliphatic carbocycles. The molecule has 3 aromatic heterocycles. The summed E-state index contributed by atoms with van der Waals surface area (Å²) in [6.07, 6.45) is 1.40. The van der Waals surface area contributed by atoms with E-state index in [0.29, 0.717) is 22.8 Å². The summed E-state index contributed by atoms with van der Waals surface area (Å²) in [7, 11) is 1.63. The van der Waals surface area contributed by atoms with E-state index in [2.05, 4.69) is 19.9 Å². The van der Waals surface area contributed by atoms with Crippen molar-refractivity contribution in [2.75, 3.05) is 12.8 Å². The summed E-state index contributed by atoms with van der Waals surface area (Å²) >= 11 is 1.54. The number of anilines is 1. The van der Waals surface area contributed by atoms with E-state index in [1.54, 1.807) is 18.4 Å². The summed E-state index contributed by atoms with van der Waals surface area (Å²) in [5, 5.41) is 1.94. The normalized spacial score (nSPS) is 10.9. The lowest BCUT2D eigenvalue weighted by atomic mass is 10.4. The molecule has 0 unspecified atom stereocenters. The van der Waals surface area contributed by atoms with Crippen LogP contribution in [0, 0.1) is 0 Å². The SMILES string of the molecule is COc1ccsc1-c1nc2ncnc(N)c2[nH]1. The number of nitrogens with zero attached hydrogens (tertiary/aromatic N) is 3. The molecule has 86 valence electrons. The Hall–Kier alpha value is -2.15. The largest absolute Gasteiger partial charge is 0.495 e. The first-order chi connectivity index (χ1) is 8.29. The number of fused-ring (bicyclic) bond motifs is 1. The molecule has 3 aromatic rings. The van der Waals surface area contributed by atoms with E-state index in [1.165, 1.54) is 6.33 Å². The Bertz CT molecular complexity index is 674. The van der Waals surface area contributed by atoms with Crippen LogP contribution >= 0.6 is 11.3 Å². The van der Waals surface area contributed by atoms with E-state index in [4.69, 9.17) is 10.5 Å². The maximum atomic E-state index is 5.74. The Labute approximate surface area is 100 Å². The zero-order valence-corrected chi connectivity index (χ0v) is 9.78. The molecule has 3 N–H and O–H groups in total. The van der Waals surface area contributed by atoms with Crippen LogP contribution < -0.4 is 10.5 Å². The van der Waals surface area contributed by atoms with Gasteiger partial charge >= 0.3 is 0 Å². The van der Waals surface area contributed by atoms with Crippen LogP contribution in [0.4, 0.5) is 5.82 Å². The van der Waals surface area contributed by atoms with Gasteiger partial charge in [0.2, 0.25) is 0 Å². The lowest BCUT2D eigenvalue weighted by molar-refractivity contribution is 0.418. The van der Waals surface area contributed by atoms with Gasteiger partial charge in [-0.2, -0.15) is 0 Å². The first-order valence-corrected chi connectivity index (χ1v) is 5.75. The lowest BCUT2D eigenvalue weighted by Crippen LogP contribution is -1.91. The molecule has 0 fully saturated rings. The number of imidazole rings is 1. The van der Waals surface area contributed by atoms with Crippen molar-refractivity contribution in [2.24, 2.45) is 0 Å². The van der Waals surface area contributed by atoms with E-state index in [9.17, 15) is 0 Å². The van der Waals surface area contributed by atoms with Gasteiger partial charge in [0.05, 0.1) is 7.11 Å². The molecule has 3 rings (SSSR count). The van der Waals surface area contributed by atoms with E-state index < -0.39 is 0 Å². The zero-order chi connectivity index (χ0) is 11.8. The van der Waals surface area contributed by atoms with Gasteiger partial charge in [-0.05, 0) is 11.4 Å². The fourth-order valence-electron chi connectivity index (χ4n) is 1.58. The summed E-state index contributed by atoms with van der Waals surface area (Å²) in [6, 6.07) is 1.89. The van der Waals surface area contributed by atoms with Crippen molar-refractivity contribution in [2.45, 2.75) is 0 Å². The summed E-state index contributed by atoms with van der Waals surface area (Å²) < 4.78 is 5.25. The summed E-state index contributed by atoms with van der Waals surface area (Å²) in [4.78, 5) is 16.4. The van der Waals surface area contributed by atoms with Crippen LogP contribution in [0.5, 0.6) is 5.75 Å². The van der Waals surface area contributed by atoms with E-state index in [-0.39, 0.29) is 0 Å². The minimum Gasteiger partial charge on any atom is -0.495 e. The molecule has 0 aliphatic heterocycles. The van der Waals surface area contributed by atoms with Crippen LogP contribution in [0.15, 0.2) is 17.8 Å². The fraction of sp³-hybridized carbons (Fsp3) is 0.100. The highest BCUT2D eigenvalue weighted by Crippen LogP contribution is 2.34. The summed E-state index contributed by atoms with van der Waals surface area (Å²) in [5.74, 6) is 1.86. The molecule has 7 heteroatoms. The highest BCUT2D eigenvalue weighted by molar-refractivity contribution is 7.13. The third kappa shape index (κ3) is 1.51. The number of rotatable bonds is 2. The molecule has 0 aromatic carbocycles. The quantitative estimate of drug-likeness (QED) is 0.719. The topological polar surface area (TPSA) is 89.7 Å². The van der Waals surface area contributed by atoms with Gasteiger partial charge in [0.15, 0.2) is 17.3 Å². The second-order valence-corrected chi connectivity index (χ2v) is 4.28. The average molecular weight is 247 g/mol. The number of aromatic amines is 1. The minimum absolute atomic E-state index is 0.393. The Morgan fingerprint density at radius 1 is 1.41 bits per heavy atom. The molecule has 3 heterocycles. The summed E-state index contributed by atoms with van der Waals surface area (Å²) in [6.45, 7) is 0. The fourth-order valence-corrected chi connectivity index (χ4v) is 2.39. The lowest BCUT2D eigenvalue weighted by Gasteiger charge is -1.97. The standard InChI is InChI=1S/C10H9N5OS/c1-16-5-2-3-17-7(5)10-14-6-8(11)12-4-13-9(6)15-10/h2-4H,1H3,(H3,11,12,13,14,15). The molecule has 17 heavy (non-hydrogen) atoms. The number of aromatic nitrogens is 4. The number of hydrogen-bond donors (Lipinski definition) is 2. The molecule has 0 amide bonds.